The first-order valence-corrected chi connectivity index (χ1v) is 7.18. The van der Waals surface area contributed by atoms with E-state index in [2.05, 4.69) is 27.3 Å². The predicted molar refractivity (Wildman–Crippen MR) is 77.8 cm³/mol. The molecule has 1 aliphatic rings. The van der Waals surface area contributed by atoms with E-state index in [-0.39, 0.29) is 5.91 Å². The van der Waals surface area contributed by atoms with Crippen molar-refractivity contribution in [2.24, 2.45) is 0 Å². The number of allylic oxidation sites excluding steroid dienone is 1. The van der Waals surface area contributed by atoms with E-state index in [0.29, 0.717) is 5.56 Å². The molecule has 3 heteroatoms. The van der Waals surface area contributed by atoms with Gasteiger partial charge in [0.05, 0.1) is 5.56 Å². The summed E-state index contributed by atoms with van der Waals surface area (Å²) in [7, 11) is 0. The van der Waals surface area contributed by atoms with Crippen molar-refractivity contribution in [3.8, 4) is 0 Å². The minimum Gasteiger partial charge on any atom is -0.352 e. The van der Waals surface area contributed by atoms with Gasteiger partial charge in [0, 0.05) is 11.0 Å². The van der Waals surface area contributed by atoms with Gasteiger partial charge in [-0.05, 0) is 66.2 Å². The van der Waals surface area contributed by atoms with E-state index < -0.39 is 0 Å². The molecule has 0 unspecified atom stereocenters. The third kappa shape index (κ3) is 3.45. The first-order valence-electron chi connectivity index (χ1n) is 6.39. The van der Waals surface area contributed by atoms with E-state index in [1.165, 1.54) is 24.8 Å². The van der Waals surface area contributed by atoms with Gasteiger partial charge >= 0.3 is 0 Å². The van der Waals surface area contributed by atoms with E-state index in [9.17, 15) is 4.79 Å². The fourth-order valence-electron chi connectivity index (χ4n) is 2.20. The van der Waals surface area contributed by atoms with E-state index >= 15 is 0 Å². The van der Waals surface area contributed by atoms with Crippen LogP contribution in [0.1, 0.15) is 41.6 Å². The lowest BCUT2D eigenvalue weighted by atomic mass is 10.1. The SMILES string of the molecule is Cc1ccc(C(=O)NCCC2=CCCC2)c(Br)c1. The molecule has 0 saturated heterocycles. The Bertz CT molecular complexity index is 479. The van der Waals surface area contributed by atoms with Gasteiger partial charge in [-0.15, -0.1) is 0 Å². The molecule has 0 saturated carbocycles. The maximum absolute atomic E-state index is 12.0. The molecule has 0 bridgehead atoms. The molecule has 1 aromatic rings. The van der Waals surface area contributed by atoms with Crippen LogP contribution in [0.5, 0.6) is 0 Å². The van der Waals surface area contributed by atoms with E-state index in [0.717, 1.165) is 23.0 Å². The van der Waals surface area contributed by atoms with Gasteiger partial charge in [0.1, 0.15) is 0 Å². The van der Waals surface area contributed by atoms with Crippen molar-refractivity contribution in [3.63, 3.8) is 0 Å². The number of rotatable bonds is 4. The smallest absolute Gasteiger partial charge is 0.252 e. The summed E-state index contributed by atoms with van der Waals surface area (Å²) in [5.74, 6) is 0.000437. The minimum absolute atomic E-state index is 0.000437. The zero-order valence-corrected chi connectivity index (χ0v) is 12.2. The van der Waals surface area contributed by atoms with Crippen LogP contribution >= 0.6 is 15.9 Å². The quantitative estimate of drug-likeness (QED) is 0.837. The topological polar surface area (TPSA) is 29.1 Å². The van der Waals surface area contributed by atoms with Gasteiger partial charge in [0.2, 0.25) is 0 Å². The van der Waals surface area contributed by atoms with Crippen molar-refractivity contribution in [2.75, 3.05) is 6.54 Å². The predicted octanol–water partition coefficient (Wildman–Crippen LogP) is 3.99. The van der Waals surface area contributed by atoms with Crippen LogP contribution in [0.2, 0.25) is 0 Å². The van der Waals surface area contributed by atoms with E-state index in [1.807, 2.05) is 25.1 Å². The summed E-state index contributed by atoms with van der Waals surface area (Å²) in [4.78, 5) is 12.0. The molecule has 1 N–H and O–H groups in total. The molecule has 0 heterocycles. The molecule has 1 aliphatic carbocycles. The molecule has 2 nitrogen and oxygen atoms in total. The molecule has 0 radical (unpaired) electrons. The normalized spacial score (nSPS) is 14.4. The first kappa shape index (κ1) is 13.3. The summed E-state index contributed by atoms with van der Waals surface area (Å²) in [6.07, 6.45) is 6.95. The van der Waals surface area contributed by atoms with Gasteiger partial charge in [-0.1, -0.05) is 17.7 Å². The van der Waals surface area contributed by atoms with Gasteiger partial charge in [-0.25, -0.2) is 0 Å². The molecular weight excluding hydrogens is 290 g/mol. The van der Waals surface area contributed by atoms with E-state index in [4.69, 9.17) is 0 Å². The van der Waals surface area contributed by atoms with Gasteiger partial charge in [0.25, 0.3) is 5.91 Å². The summed E-state index contributed by atoms with van der Waals surface area (Å²) < 4.78 is 0.861. The Kier molecular flexibility index (Phi) is 4.59. The monoisotopic (exact) mass is 307 g/mol. The van der Waals surface area contributed by atoms with Crippen LogP contribution in [0.4, 0.5) is 0 Å². The highest BCUT2D eigenvalue weighted by atomic mass is 79.9. The highest BCUT2D eigenvalue weighted by molar-refractivity contribution is 9.10. The minimum atomic E-state index is 0.000437. The van der Waals surface area contributed by atoms with Crippen molar-refractivity contribution in [1.82, 2.24) is 5.32 Å². The van der Waals surface area contributed by atoms with Crippen LogP contribution in [0, 0.1) is 6.92 Å². The number of benzene rings is 1. The Labute approximate surface area is 117 Å². The van der Waals surface area contributed by atoms with Gasteiger partial charge in [0.15, 0.2) is 0 Å². The third-order valence-corrected chi connectivity index (χ3v) is 3.89. The second kappa shape index (κ2) is 6.19. The van der Waals surface area contributed by atoms with Crippen LogP contribution in [0.25, 0.3) is 0 Å². The second-order valence-corrected chi connectivity index (χ2v) is 5.60. The Morgan fingerprint density at radius 2 is 2.28 bits per heavy atom. The lowest BCUT2D eigenvalue weighted by Gasteiger charge is -2.08. The largest absolute Gasteiger partial charge is 0.352 e. The van der Waals surface area contributed by atoms with Crippen molar-refractivity contribution >= 4 is 21.8 Å². The second-order valence-electron chi connectivity index (χ2n) is 4.74. The Morgan fingerprint density at radius 3 is 2.94 bits per heavy atom. The number of amides is 1. The highest BCUT2D eigenvalue weighted by Gasteiger charge is 2.10. The summed E-state index contributed by atoms with van der Waals surface area (Å²) in [6.45, 7) is 2.74. The Morgan fingerprint density at radius 1 is 1.44 bits per heavy atom. The molecule has 0 atom stereocenters. The number of carbonyl (C=O) groups excluding carboxylic acids is 1. The number of carbonyl (C=O) groups is 1. The van der Waals surface area contributed by atoms with Crippen LogP contribution in [-0.4, -0.2) is 12.5 Å². The number of halogens is 1. The Balaban J connectivity index is 1.87. The molecule has 1 aromatic carbocycles. The van der Waals surface area contributed by atoms with Crippen LogP contribution < -0.4 is 5.32 Å². The summed E-state index contributed by atoms with van der Waals surface area (Å²) in [5.41, 5.74) is 3.34. The van der Waals surface area contributed by atoms with Crippen LogP contribution in [-0.2, 0) is 0 Å². The highest BCUT2D eigenvalue weighted by Crippen LogP contribution is 2.20. The number of hydrogen-bond donors (Lipinski definition) is 1. The van der Waals surface area contributed by atoms with Crippen LogP contribution in [0.3, 0.4) is 0 Å². The summed E-state index contributed by atoms with van der Waals surface area (Å²) >= 11 is 3.43. The fourth-order valence-corrected chi connectivity index (χ4v) is 2.87. The van der Waals surface area contributed by atoms with Crippen molar-refractivity contribution < 1.29 is 4.79 Å². The lowest BCUT2D eigenvalue weighted by molar-refractivity contribution is 0.0953. The molecule has 2 rings (SSSR count). The molecule has 0 spiro atoms. The molecule has 96 valence electrons. The lowest BCUT2D eigenvalue weighted by Crippen LogP contribution is -2.25. The van der Waals surface area contributed by atoms with E-state index in [1.54, 1.807) is 0 Å². The zero-order valence-electron chi connectivity index (χ0n) is 10.6. The number of nitrogens with one attached hydrogen (secondary N) is 1. The molecule has 0 aromatic heterocycles. The molecule has 0 aliphatic heterocycles. The zero-order chi connectivity index (χ0) is 13.0. The van der Waals surface area contributed by atoms with Crippen LogP contribution in [0.15, 0.2) is 34.3 Å². The molecule has 1 amide bonds. The van der Waals surface area contributed by atoms with Crippen molar-refractivity contribution in [2.45, 2.75) is 32.6 Å². The fraction of sp³-hybridized carbons (Fsp3) is 0.400. The summed E-state index contributed by atoms with van der Waals surface area (Å²) in [5, 5.41) is 2.98. The van der Waals surface area contributed by atoms with Gasteiger partial charge in [-0.2, -0.15) is 0 Å². The average Bonchev–Trinajstić information content (AvgIpc) is 2.81. The average molecular weight is 308 g/mol. The number of aryl methyl sites for hydroxylation is 1. The van der Waals surface area contributed by atoms with Crippen molar-refractivity contribution in [1.29, 1.82) is 0 Å². The Hall–Kier alpha value is -1.09. The van der Waals surface area contributed by atoms with Gasteiger partial charge in [-0.3, -0.25) is 4.79 Å². The molecule has 0 fully saturated rings. The maximum Gasteiger partial charge on any atom is 0.252 e. The van der Waals surface area contributed by atoms with Gasteiger partial charge < -0.3 is 5.32 Å². The standard InChI is InChI=1S/C15H18BrNO/c1-11-6-7-13(14(16)10-11)15(18)17-9-8-12-4-2-3-5-12/h4,6-7,10H,2-3,5,8-9H2,1H3,(H,17,18). The van der Waals surface area contributed by atoms with Crippen molar-refractivity contribution in [3.05, 3.63) is 45.4 Å². The molecule has 18 heavy (non-hydrogen) atoms. The first-order chi connectivity index (χ1) is 8.66. The summed E-state index contributed by atoms with van der Waals surface area (Å²) in [6, 6.07) is 5.79. The maximum atomic E-state index is 12.0. The molecular formula is C15H18BrNO. The third-order valence-electron chi connectivity index (χ3n) is 3.24. The number of hydrogen-bond acceptors (Lipinski definition) is 1.